The maximum Gasteiger partial charge on any atom is 0.204 e. The van der Waals surface area contributed by atoms with Crippen LogP contribution in [-0.4, -0.2) is 28.2 Å². The molecule has 1 N–H and O–H groups in total. The van der Waals surface area contributed by atoms with Crippen LogP contribution >= 0.6 is 0 Å². The minimum Gasteiger partial charge on any atom is -0.330 e. The van der Waals surface area contributed by atoms with Crippen LogP contribution in [0.2, 0.25) is 0 Å². The molecule has 0 unspecified atom stereocenters. The number of nitrogens with one attached hydrogen (secondary N) is 1. The fourth-order valence-corrected chi connectivity index (χ4v) is 1.75. The average molecular weight is 231 g/mol. The summed E-state index contributed by atoms with van der Waals surface area (Å²) in [6.45, 7) is 0.862. The summed E-state index contributed by atoms with van der Waals surface area (Å²) >= 11 is 0. The molecule has 0 saturated carbocycles. The van der Waals surface area contributed by atoms with E-state index in [1.807, 2.05) is 4.57 Å². The molecular weight excluding hydrogens is 218 g/mol. The first-order valence-electron chi connectivity index (χ1n) is 5.53. The Morgan fingerprint density at radius 3 is 3.24 bits per heavy atom. The second-order valence-electron chi connectivity index (χ2n) is 3.79. The van der Waals surface area contributed by atoms with Gasteiger partial charge in [0.2, 0.25) is 5.78 Å². The number of nitriles is 1. The van der Waals surface area contributed by atoms with Gasteiger partial charge in [0.05, 0.1) is 18.7 Å². The lowest BCUT2D eigenvalue weighted by atomic mass is 10.2. The van der Waals surface area contributed by atoms with E-state index in [4.69, 9.17) is 5.26 Å². The van der Waals surface area contributed by atoms with E-state index >= 15 is 0 Å². The van der Waals surface area contributed by atoms with Gasteiger partial charge in [-0.05, 0) is 12.8 Å². The maximum absolute atomic E-state index is 11.8. The highest BCUT2D eigenvalue weighted by Crippen LogP contribution is 2.16. The van der Waals surface area contributed by atoms with Crippen LogP contribution in [0, 0.1) is 11.3 Å². The van der Waals surface area contributed by atoms with Gasteiger partial charge >= 0.3 is 0 Å². The molecule has 6 nitrogen and oxygen atoms in total. The van der Waals surface area contributed by atoms with Crippen molar-refractivity contribution in [3.05, 3.63) is 12.0 Å². The number of ketones is 1. The second kappa shape index (κ2) is 5.25. The van der Waals surface area contributed by atoms with Crippen LogP contribution in [0.25, 0.3) is 0 Å². The Morgan fingerprint density at radius 2 is 2.41 bits per heavy atom. The van der Waals surface area contributed by atoms with Gasteiger partial charge in [-0.15, -0.1) is 0 Å². The molecule has 0 radical (unpaired) electrons. The number of hydrogen-bond acceptors (Lipinski definition) is 5. The highest BCUT2D eigenvalue weighted by atomic mass is 16.1. The third-order valence-electron chi connectivity index (χ3n) is 2.57. The van der Waals surface area contributed by atoms with Gasteiger partial charge in [0, 0.05) is 13.0 Å². The van der Waals surface area contributed by atoms with E-state index in [9.17, 15) is 4.79 Å². The number of carbonyl (C=O) groups is 1. The number of Topliss-reactive ketones (excluding diaryl/α,β-unsaturated/α-hetero) is 1. The monoisotopic (exact) mass is 231 g/mol. The van der Waals surface area contributed by atoms with Crippen molar-refractivity contribution in [2.75, 3.05) is 11.9 Å². The average Bonchev–Trinajstić information content (AvgIpc) is 2.64. The van der Waals surface area contributed by atoms with Gasteiger partial charge in [0.25, 0.3) is 0 Å². The van der Waals surface area contributed by atoms with Crippen molar-refractivity contribution in [1.82, 2.24) is 9.55 Å². The number of nitrogens with zero attached hydrogens (tertiary/aromatic N) is 4. The second-order valence-corrected chi connectivity index (χ2v) is 3.79. The van der Waals surface area contributed by atoms with E-state index in [0.717, 1.165) is 12.8 Å². The lowest BCUT2D eigenvalue weighted by Gasteiger charge is -2.05. The molecule has 0 fully saturated rings. The molecule has 6 heteroatoms. The minimum absolute atomic E-state index is 0.0287. The van der Waals surface area contributed by atoms with Gasteiger partial charge in [-0.2, -0.15) is 5.26 Å². The summed E-state index contributed by atoms with van der Waals surface area (Å²) in [4.78, 5) is 19.9. The van der Waals surface area contributed by atoms with Crippen LogP contribution in [-0.2, 0) is 6.54 Å². The molecule has 1 aliphatic rings. The SMILES string of the molecule is N#CCCCCn1cnc2c1C(=O)CN=CN2. The number of fused-ring (bicyclic) bond motifs is 1. The fourth-order valence-electron chi connectivity index (χ4n) is 1.75. The predicted molar refractivity (Wildman–Crippen MR) is 63.0 cm³/mol. The summed E-state index contributed by atoms with van der Waals surface area (Å²) in [5.41, 5.74) is 0.583. The molecular formula is C11H13N5O. The van der Waals surface area contributed by atoms with Gasteiger partial charge < -0.3 is 9.88 Å². The molecule has 88 valence electrons. The smallest absolute Gasteiger partial charge is 0.204 e. The number of aromatic nitrogens is 2. The van der Waals surface area contributed by atoms with Gasteiger partial charge in [0.15, 0.2) is 5.82 Å². The molecule has 1 aromatic rings. The van der Waals surface area contributed by atoms with Crippen LogP contribution in [0.15, 0.2) is 11.3 Å². The number of carbonyl (C=O) groups excluding carboxylic acids is 1. The number of anilines is 1. The number of aliphatic imine (C=N–C) groups is 1. The zero-order chi connectivity index (χ0) is 12.1. The summed E-state index contributed by atoms with van der Waals surface area (Å²) in [7, 11) is 0. The van der Waals surface area contributed by atoms with E-state index in [-0.39, 0.29) is 12.3 Å². The van der Waals surface area contributed by atoms with E-state index < -0.39 is 0 Å². The molecule has 0 amide bonds. The summed E-state index contributed by atoms with van der Waals surface area (Å²) in [6.07, 6.45) is 5.40. The molecule has 2 heterocycles. The number of imidazole rings is 1. The highest BCUT2D eigenvalue weighted by Gasteiger charge is 2.19. The first-order valence-corrected chi connectivity index (χ1v) is 5.53. The normalized spacial score (nSPS) is 13.7. The summed E-state index contributed by atoms with van der Waals surface area (Å²) in [5, 5.41) is 11.3. The Hall–Kier alpha value is -2.16. The van der Waals surface area contributed by atoms with Crippen molar-refractivity contribution in [2.24, 2.45) is 4.99 Å². The number of aryl methyl sites for hydroxylation is 1. The van der Waals surface area contributed by atoms with E-state index in [2.05, 4.69) is 21.4 Å². The Balaban J connectivity index is 2.08. The maximum atomic E-state index is 11.8. The lowest BCUT2D eigenvalue weighted by Crippen LogP contribution is -2.11. The molecule has 2 rings (SSSR count). The molecule has 0 aliphatic carbocycles. The van der Waals surface area contributed by atoms with Crippen LogP contribution in [0.3, 0.4) is 0 Å². The third kappa shape index (κ3) is 2.50. The van der Waals surface area contributed by atoms with Crippen molar-refractivity contribution < 1.29 is 4.79 Å². The predicted octanol–water partition coefficient (Wildman–Crippen LogP) is 1.21. The first kappa shape index (κ1) is 11.3. The Kier molecular flexibility index (Phi) is 3.50. The first-order chi connectivity index (χ1) is 8.33. The molecule has 0 atom stereocenters. The highest BCUT2D eigenvalue weighted by molar-refractivity contribution is 6.04. The van der Waals surface area contributed by atoms with Crippen molar-refractivity contribution in [3.8, 4) is 6.07 Å². The van der Waals surface area contributed by atoms with E-state index in [0.29, 0.717) is 24.5 Å². The quantitative estimate of drug-likeness (QED) is 0.789. The summed E-state index contributed by atoms with van der Waals surface area (Å²) in [6, 6.07) is 2.10. The number of rotatable bonds is 4. The topological polar surface area (TPSA) is 83.1 Å². The fraction of sp³-hybridized carbons (Fsp3) is 0.455. The number of unbranched alkanes of at least 4 members (excludes halogenated alkanes) is 2. The van der Waals surface area contributed by atoms with Crippen molar-refractivity contribution in [1.29, 1.82) is 5.26 Å². The van der Waals surface area contributed by atoms with Gasteiger partial charge in [-0.25, -0.2) is 4.98 Å². The van der Waals surface area contributed by atoms with Gasteiger partial charge in [0.1, 0.15) is 12.2 Å². The molecule has 1 aliphatic heterocycles. The molecule has 1 aromatic heterocycles. The summed E-state index contributed by atoms with van der Waals surface area (Å²) < 4.78 is 1.83. The molecule has 0 aromatic carbocycles. The van der Waals surface area contributed by atoms with Crippen LogP contribution < -0.4 is 5.32 Å². The van der Waals surface area contributed by atoms with Crippen molar-refractivity contribution in [2.45, 2.75) is 25.8 Å². The standard InChI is InChI=1S/C11H13N5O/c12-4-2-1-3-5-16-8-15-11-10(16)9(17)6-13-7-14-11/h7-8H,1-3,5-6H2,(H,13,14). The Morgan fingerprint density at radius 1 is 1.53 bits per heavy atom. The van der Waals surface area contributed by atoms with Crippen molar-refractivity contribution in [3.63, 3.8) is 0 Å². The van der Waals surface area contributed by atoms with E-state index in [1.165, 1.54) is 6.34 Å². The molecule has 0 saturated heterocycles. The minimum atomic E-state index is -0.0287. The Bertz CT molecular complexity index is 483. The third-order valence-corrected chi connectivity index (χ3v) is 2.57. The van der Waals surface area contributed by atoms with Gasteiger partial charge in [-0.1, -0.05) is 0 Å². The zero-order valence-electron chi connectivity index (χ0n) is 9.39. The van der Waals surface area contributed by atoms with Gasteiger partial charge in [-0.3, -0.25) is 9.79 Å². The number of hydrogen-bond donors (Lipinski definition) is 1. The zero-order valence-corrected chi connectivity index (χ0v) is 9.39. The largest absolute Gasteiger partial charge is 0.330 e. The summed E-state index contributed by atoms with van der Waals surface area (Å²) in [5.74, 6) is 0.538. The van der Waals surface area contributed by atoms with Crippen LogP contribution in [0.1, 0.15) is 29.8 Å². The van der Waals surface area contributed by atoms with E-state index in [1.54, 1.807) is 6.33 Å². The van der Waals surface area contributed by atoms with Crippen LogP contribution in [0.4, 0.5) is 5.82 Å². The molecule has 17 heavy (non-hydrogen) atoms. The lowest BCUT2D eigenvalue weighted by molar-refractivity contribution is 0.0994. The van der Waals surface area contributed by atoms with Crippen molar-refractivity contribution >= 4 is 17.9 Å². The Labute approximate surface area is 99.0 Å². The van der Waals surface area contributed by atoms with Crippen LogP contribution in [0.5, 0.6) is 0 Å². The molecule has 0 bridgehead atoms. The molecule has 0 spiro atoms.